The zero-order valence-corrected chi connectivity index (χ0v) is 11.6. The van der Waals surface area contributed by atoms with Crippen molar-refractivity contribution in [1.29, 1.82) is 0 Å². The fourth-order valence-corrected chi connectivity index (χ4v) is 2.67. The molecule has 2 rings (SSSR count). The second-order valence-corrected chi connectivity index (χ2v) is 5.78. The van der Waals surface area contributed by atoms with Crippen molar-refractivity contribution in [2.45, 2.75) is 70.8 Å². The second-order valence-electron chi connectivity index (χ2n) is 5.78. The Labute approximate surface area is 109 Å². The minimum absolute atomic E-state index is 0.0562. The van der Waals surface area contributed by atoms with Crippen LogP contribution >= 0.6 is 0 Å². The predicted molar refractivity (Wildman–Crippen MR) is 71.1 cm³/mol. The molecular formula is C14H25N3O. The molecule has 0 aliphatic heterocycles. The molecule has 0 amide bonds. The maximum absolute atomic E-state index is 6.32. The zero-order chi connectivity index (χ0) is 13.0. The molecule has 1 aromatic rings. The summed E-state index contributed by atoms with van der Waals surface area (Å²) in [4.78, 5) is 4.44. The van der Waals surface area contributed by atoms with Crippen molar-refractivity contribution in [1.82, 2.24) is 10.1 Å². The number of nitrogens with two attached hydrogens (primary N) is 1. The summed E-state index contributed by atoms with van der Waals surface area (Å²) in [6.45, 7) is 4.11. The van der Waals surface area contributed by atoms with Gasteiger partial charge in [-0.3, -0.25) is 0 Å². The van der Waals surface area contributed by atoms with E-state index < -0.39 is 0 Å². The molecule has 0 saturated heterocycles. The summed E-state index contributed by atoms with van der Waals surface area (Å²) in [5, 5.41) is 4.06. The first-order chi connectivity index (χ1) is 8.68. The SMILES string of the molecule is CC(C)c1nc(C(N)C2CCCCCCC2)no1. The van der Waals surface area contributed by atoms with Gasteiger partial charge in [0, 0.05) is 5.92 Å². The molecule has 0 spiro atoms. The Balaban J connectivity index is 2.01. The van der Waals surface area contributed by atoms with E-state index in [2.05, 4.69) is 24.0 Å². The van der Waals surface area contributed by atoms with Gasteiger partial charge in [0.15, 0.2) is 5.82 Å². The van der Waals surface area contributed by atoms with Gasteiger partial charge in [-0.2, -0.15) is 4.98 Å². The highest BCUT2D eigenvalue weighted by atomic mass is 16.5. The van der Waals surface area contributed by atoms with Crippen LogP contribution in [0, 0.1) is 5.92 Å². The van der Waals surface area contributed by atoms with Crippen molar-refractivity contribution < 1.29 is 4.52 Å². The van der Waals surface area contributed by atoms with Crippen molar-refractivity contribution in [3.05, 3.63) is 11.7 Å². The quantitative estimate of drug-likeness (QED) is 0.892. The van der Waals surface area contributed by atoms with Crippen LogP contribution < -0.4 is 5.73 Å². The van der Waals surface area contributed by atoms with Crippen LogP contribution in [-0.2, 0) is 0 Å². The summed E-state index contributed by atoms with van der Waals surface area (Å²) in [5.41, 5.74) is 6.32. The van der Waals surface area contributed by atoms with Crippen molar-refractivity contribution in [3.8, 4) is 0 Å². The molecule has 102 valence electrons. The summed E-state index contributed by atoms with van der Waals surface area (Å²) in [6.07, 6.45) is 9.03. The molecule has 1 atom stereocenters. The Hall–Kier alpha value is -0.900. The van der Waals surface area contributed by atoms with Crippen LogP contribution in [0.15, 0.2) is 4.52 Å². The highest BCUT2D eigenvalue weighted by Gasteiger charge is 2.24. The van der Waals surface area contributed by atoms with E-state index >= 15 is 0 Å². The number of hydrogen-bond donors (Lipinski definition) is 1. The Morgan fingerprint density at radius 2 is 1.72 bits per heavy atom. The molecule has 0 bridgehead atoms. The first-order valence-corrected chi connectivity index (χ1v) is 7.27. The standard InChI is InChI=1S/C14H25N3O/c1-10(2)14-16-13(17-18-14)12(15)11-8-6-4-3-5-7-9-11/h10-12H,3-9,15H2,1-2H3. The lowest BCUT2D eigenvalue weighted by Crippen LogP contribution is -2.23. The van der Waals surface area contributed by atoms with Crippen LogP contribution in [0.1, 0.15) is 82.5 Å². The molecule has 1 aliphatic rings. The van der Waals surface area contributed by atoms with Gasteiger partial charge in [0.1, 0.15) is 0 Å². The average molecular weight is 251 g/mol. The van der Waals surface area contributed by atoms with Gasteiger partial charge >= 0.3 is 0 Å². The monoisotopic (exact) mass is 251 g/mol. The van der Waals surface area contributed by atoms with Crippen LogP contribution in [0.3, 0.4) is 0 Å². The summed E-state index contributed by atoms with van der Waals surface area (Å²) in [5.74, 6) is 2.19. The van der Waals surface area contributed by atoms with Gasteiger partial charge in [0.25, 0.3) is 0 Å². The Morgan fingerprint density at radius 3 is 2.28 bits per heavy atom. The van der Waals surface area contributed by atoms with Gasteiger partial charge in [-0.15, -0.1) is 0 Å². The van der Waals surface area contributed by atoms with Gasteiger partial charge in [-0.25, -0.2) is 0 Å². The molecule has 18 heavy (non-hydrogen) atoms. The van der Waals surface area contributed by atoms with E-state index in [0.29, 0.717) is 17.6 Å². The normalized spacial score (nSPS) is 20.7. The average Bonchev–Trinajstić information content (AvgIpc) is 2.77. The number of hydrogen-bond acceptors (Lipinski definition) is 4. The minimum Gasteiger partial charge on any atom is -0.339 e. The fraction of sp³-hybridized carbons (Fsp3) is 0.857. The van der Waals surface area contributed by atoms with E-state index in [1.54, 1.807) is 0 Å². The molecule has 1 fully saturated rings. The van der Waals surface area contributed by atoms with Crippen molar-refractivity contribution >= 4 is 0 Å². The third kappa shape index (κ3) is 3.31. The molecule has 1 aliphatic carbocycles. The van der Waals surface area contributed by atoms with Crippen LogP contribution in [0.25, 0.3) is 0 Å². The molecule has 4 heteroatoms. The van der Waals surface area contributed by atoms with Crippen LogP contribution in [0.5, 0.6) is 0 Å². The summed E-state index contributed by atoms with van der Waals surface area (Å²) >= 11 is 0. The largest absolute Gasteiger partial charge is 0.339 e. The second kappa shape index (κ2) is 6.32. The smallest absolute Gasteiger partial charge is 0.229 e. The summed E-state index contributed by atoms with van der Waals surface area (Å²) in [6, 6.07) is -0.0562. The lowest BCUT2D eigenvalue weighted by Gasteiger charge is -2.23. The Kier molecular flexibility index (Phi) is 4.75. The van der Waals surface area contributed by atoms with E-state index in [1.165, 1.54) is 44.9 Å². The van der Waals surface area contributed by atoms with E-state index in [9.17, 15) is 0 Å². The van der Waals surface area contributed by atoms with Gasteiger partial charge in [-0.1, -0.05) is 51.1 Å². The van der Waals surface area contributed by atoms with Crippen molar-refractivity contribution in [3.63, 3.8) is 0 Å². The highest BCUT2D eigenvalue weighted by Crippen LogP contribution is 2.30. The molecular weight excluding hydrogens is 226 g/mol. The molecule has 1 aromatic heterocycles. The lowest BCUT2D eigenvalue weighted by atomic mass is 9.86. The van der Waals surface area contributed by atoms with E-state index in [4.69, 9.17) is 10.3 Å². The molecule has 0 aromatic carbocycles. The molecule has 2 N–H and O–H groups in total. The third-order valence-electron chi connectivity index (χ3n) is 3.91. The van der Waals surface area contributed by atoms with Crippen molar-refractivity contribution in [2.75, 3.05) is 0 Å². The molecule has 1 unspecified atom stereocenters. The van der Waals surface area contributed by atoms with Crippen LogP contribution in [-0.4, -0.2) is 10.1 Å². The minimum atomic E-state index is -0.0562. The number of aromatic nitrogens is 2. The molecule has 0 radical (unpaired) electrons. The number of rotatable bonds is 3. The molecule has 1 saturated carbocycles. The highest BCUT2D eigenvalue weighted by molar-refractivity contribution is 4.98. The predicted octanol–water partition coefficient (Wildman–Crippen LogP) is 3.55. The Morgan fingerprint density at radius 1 is 1.11 bits per heavy atom. The Bertz CT molecular complexity index is 354. The van der Waals surface area contributed by atoms with Crippen molar-refractivity contribution in [2.24, 2.45) is 11.7 Å². The van der Waals surface area contributed by atoms with Gasteiger partial charge < -0.3 is 10.3 Å². The lowest BCUT2D eigenvalue weighted by molar-refractivity contribution is 0.307. The summed E-state index contributed by atoms with van der Waals surface area (Å²) in [7, 11) is 0. The molecule has 4 nitrogen and oxygen atoms in total. The molecule has 1 heterocycles. The van der Waals surface area contributed by atoms with Gasteiger partial charge in [0.2, 0.25) is 5.89 Å². The van der Waals surface area contributed by atoms with E-state index in [1.807, 2.05) is 0 Å². The maximum Gasteiger partial charge on any atom is 0.229 e. The van der Waals surface area contributed by atoms with Gasteiger partial charge in [-0.05, 0) is 18.8 Å². The third-order valence-corrected chi connectivity index (χ3v) is 3.91. The maximum atomic E-state index is 6.32. The topological polar surface area (TPSA) is 64.9 Å². The van der Waals surface area contributed by atoms with Crippen LogP contribution in [0.4, 0.5) is 0 Å². The zero-order valence-electron chi connectivity index (χ0n) is 11.6. The first-order valence-electron chi connectivity index (χ1n) is 7.27. The summed E-state index contributed by atoms with van der Waals surface area (Å²) < 4.78 is 5.25. The van der Waals surface area contributed by atoms with Crippen LogP contribution in [0.2, 0.25) is 0 Å². The fourth-order valence-electron chi connectivity index (χ4n) is 2.67. The first kappa shape index (κ1) is 13.5. The number of nitrogens with zero attached hydrogens (tertiary/aromatic N) is 2. The van der Waals surface area contributed by atoms with E-state index in [-0.39, 0.29) is 12.0 Å². The van der Waals surface area contributed by atoms with E-state index in [0.717, 1.165) is 0 Å². The van der Waals surface area contributed by atoms with Gasteiger partial charge in [0.05, 0.1) is 6.04 Å².